The lowest BCUT2D eigenvalue weighted by atomic mass is 10.00. The number of amides is 1. The van der Waals surface area contributed by atoms with Crippen molar-refractivity contribution in [2.45, 2.75) is 52.5 Å². The SMILES string of the molecule is CCCC[C@H](C)CC(=O)N[C@@H](C)c1ccccc1. The molecule has 0 heterocycles. The van der Waals surface area contributed by atoms with Gasteiger partial charge in [-0.1, -0.05) is 63.4 Å². The maximum Gasteiger partial charge on any atom is 0.220 e. The molecule has 0 fully saturated rings. The normalized spacial score (nSPS) is 13.9. The lowest BCUT2D eigenvalue weighted by molar-refractivity contribution is -0.122. The van der Waals surface area contributed by atoms with Gasteiger partial charge >= 0.3 is 0 Å². The van der Waals surface area contributed by atoms with Crippen molar-refractivity contribution in [2.75, 3.05) is 0 Å². The van der Waals surface area contributed by atoms with Crippen LogP contribution in [0.15, 0.2) is 30.3 Å². The number of benzene rings is 1. The lowest BCUT2D eigenvalue weighted by Gasteiger charge is -2.16. The van der Waals surface area contributed by atoms with Crippen LogP contribution in [0.25, 0.3) is 0 Å². The van der Waals surface area contributed by atoms with Crippen LogP contribution < -0.4 is 5.32 Å². The molecule has 1 aromatic rings. The molecule has 0 saturated carbocycles. The summed E-state index contributed by atoms with van der Waals surface area (Å²) in [5, 5.41) is 3.06. The van der Waals surface area contributed by atoms with Crippen molar-refractivity contribution in [3.05, 3.63) is 35.9 Å². The Hall–Kier alpha value is -1.31. The molecule has 1 aromatic carbocycles. The molecule has 2 atom stereocenters. The lowest BCUT2D eigenvalue weighted by Crippen LogP contribution is -2.27. The van der Waals surface area contributed by atoms with Gasteiger partial charge in [0.1, 0.15) is 0 Å². The predicted octanol–water partition coefficient (Wildman–Crippen LogP) is 4.08. The molecule has 0 aliphatic carbocycles. The van der Waals surface area contributed by atoms with Crippen LogP contribution in [0.3, 0.4) is 0 Å². The number of nitrogens with one attached hydrogen (secondary N) is 1. The minimum absolute atomic E-state index is 0.0945. The maximum atomic E-state index is 11.9. The zero-order chi connectivity index (χ0) is 13.4. The molecule has 0 aromatic heterocycles. The smallest absolute Gasteiger partial charge is 0.220 e. The largest absolute Gasteiger partial charge is 0.350 e. The number of carbonyl (C=O) groups is 1. The topological polar surface area (TPSA) is 29.1 Å². The first kappa shape index (κ1) is 14.7. The van der Waals surface area contributed by atoms with Gasteiger partial charge < -0.3 is 5.32 Å². The van der Waals surface area contributed by atoms with E-state index in [1.807, 2.05) is 37.3 Å². The monoisotopic (exact) mass is 247 g/mol. The molecule has 2 nitrogen and oxygen atoms in total. The van der Waals surface area contributed by atoms with Crippen molar-refractivity contribution >= 4 is 5.91 Å². The van der Waals surface area contributed by atoms with E-state index in [1.165, 1.54) is 12.8 Å². The Labute approximate surface area is 111 Å². The molecule has 1 amide bonds. The van der Waals surface area contributed by atoms with Gasteiger partial charge in [0, 0.05) is 6.42 Å². The van der Waals surface area contributed by atoms with E-state index >= 15 is 0 Å². The Morgan fingerprint density at radius 3 is 2.50 bits per heavy atom. The second-order valence-corrected chi connectivity index (χ2v) is 5.15. The number of rotatable bonds is 7. The Bertz CT molecular complexity index is 347. The average molecular weight is 247 g/mol. The van der Waals surface area contributed by atoms with Crippen molar-refractivity contribution in [1.29, 1.82) is 0 Å². The quantitative estimate of drug-likeness (QED) is 0.773. The highest BCUT2D eigenvalue weighted by Gasteiger charge is 2.12. The summed E-state index contributed by atoms with van der Waals surface area (Å²) in [6.45, 7) is 6.37. The summed E-state index contributed by atoms with van der Waals surface area (Å²) in [7, 11) is 0. The molecule has 100 valence electrons. The van der Waals surface area contributed by atoms with E-state index in [0.29, 0.717) is 12.3 Å². The number of hydrogen-bond donors (Lipinski definition) is 1. The number of carbonyl (C=O) groups excluding carboxylic acids is 1. The minimum atomic E-state index is 0.0945. The Morgan fingerprint density at radius 2 is 1.89 bits per heavy atom. The van der Waals surface area contributed by atoms with E-state index in [9.17, 15) is 4.79 Å². The minimum Gasteiger partial charge on any atom is -0.350 e. The van der Waals surface area contributed by atoms with Gasteiger partial charge in [0.2, 0.25) is 5.91 Å². The van der Waals surface area contributed by atoms with E-state index < -0.39 is 0 Å². The van der Waals surface area contributed by atoms with Crippen LogP contribution in [-0.4, -0.2) is 5.91 Å². The van der Waals surface area contributed by atoms with Crippen molar-refractivity contribution in [2.24, 2.45) is 5.92 Å². The van der Waals surface area contributed by atoms with Crippen LogP contribution in [-0.2, 0) is 4.79 Å². The summed E-state index contributed by atoms with van der Waals surface area (Å²) in [6.07, 6.45) is 4.19. The highest BCUT2D eigenvalue weighted by Crippen LogP contribution is 2.14. The third-order valence-corrected chi connectivity index (χ3v) is 3.26. The molecule has 0 bridgehead atoms. The van der Waals surface area contributed by atoms with Gasteiger partial charge in [0.15, 0.2) is 0 Å². The van der Waals surface area contributed by atoms with Crippen LogP contribution in [0.1, 0.15) is 58.1 Å². The van der Waals surface area contributed by atoms with E-state index in [2.05, 4.69) is 19.2 Å². The third kappa shape index (κ3) is 5.35. The molecule has 2 heteroatoms. The first-order valence-corrected chi connectivity index (χ1v) is 6.97. The highest BCUT2D eigenvalue weighted by atomic mass is 16.1. The molecule has 0 spiro atoms. The fourth-order valence-electron chi connectivity index (χ4n) is 2.10. The average Bonchev–Trinajstić information content (AvgIpc) is 2.37. The van der Waals surface area contributed by atoms with Crippen LogP contribution in [0.4, 0.5) is 0 Å². The predicted molar refractivity (Wildman–Crippen MR) is 76.3 cm³/mol. The van der Waals surface area contributed by atoms with Gasteiger partial charge in [0.05, 0.1) is 6.04 Å². The summed E-state index contributed by atoms with van der Waals surface area (Å²) < 4.78 is 0. The molecule has 1 rings (SSSR count). The molecule has 0 aliphatic heterocycles. The molecule has 1 N–H and O–H groups in total. The van der Waals surface area contributed by atoms with Gasteiger partial charge in [-0.2, -0.15) is 0 Å². The fraction of sp³-hybridized carbons (Fsp3) is 0.562. The van der Waals surface area contributed by atoms with Crippen LogP contribution in [0.2, 0.25) is 0 Å². The Balaban J connectivity index is 2.36. The summed E-state index contributed by atoms with van der Waals surface area (Å²) >= 11 is 0. The number of hydrogen-bond acceptors (Lipinski definition) is 1. The first-order chi connectivity index (χ1) is 8.63. The van der Waals surface area contributed by atoms with Gasteiger partial charge in [-0.25, -0.2) is 0 Å². The fourth-order valence-corrected chi connectivity index (χ4v) is 2.10. The van der Waals surface area contributed by atoms with Crippen molar-refractivity contribution in [1.82, 2.24) is 5.32 Å². The van der Waals surface area contributed by atoms with Gasteiger partial charge in [-0.15, -0.1) is 0 Å². The van der Waals surface area contributed by atoms with E-state index in [4.69, 9.17) is 0 Å². The summed E-state index contributed by atoms with van der Waals surface area (Å²) in [5.41, 5.74) is 1.16. The van der Waals surface area contributed by atoms with Gasteiger partial charge in [-0.05, 0) is 18.4 Å². The summed E-state index contributed by atoms with van der Waals surface area (Å²) in [6, 6.07) is 10.2. The molecular weight excluding hydrogens is 222 g/mol. The third-order valence-electron chi connectivity index (χ3n) is 3.26. The van der Waals surface area contributed by atoms with Crippen molar-refractivity contribution < 1.29 is 4.79 Å². The number of unbranched alkanes of at least 4 members (excludes halogenated alkanes) is 1. The molecule has 18 heavy (non-hydrogen) atoms. The second kappa shape index (κ2) is 7.91. The van der Waals surface area contributed by atoms with E-state index in [-0.39, 0.29) is 11.9 Å². The molecule has 0 aliphatic rings. The zero-order valence-corrected chi connectivity index (χ0v) is 11.8. The zero-order valence-electron chi connectivity index (χ0n) is 11.8. The van der Waals surface area contributed by atoms with Gasteiger partial charge in [0.25, 0.3) is 0 Å². The van der Waals surface area contributed by atoms with Crippen LogP contribution in [0.5, 0.6) is 0 Å². The second-order valence-electron chi connectivity index (χ2n) is 5.15. The highest BCUT2D eigenvalue weighted by molar-refractivity contribution is 5.76. The van der Waals surface area contributed by atoms with E-state index in [0.717, 1.165) is 12.0 Å². The van der Waals surface area contributed by atoms with Crippen LogP contribution in [0, 0.1) is 5.92 Å². The summed E-state index contributed by atoms with van der Waals surface area (Å²) in [4.78, 5) is 11.9. The molecule has 0 radical (unpaired) electrons. The van der Waals surface area contributed by atoms with Gasteiger partial charge in [-0.3, -0.25) is 4.79 Å². The molecule has 0 unspecified atom stereocenters. The standard InChI is InChI=1S/C16H25NO/c1-4-5-9-13(2)12-16(18)17-14(3)15-10-7-6-8-11-15/h6-8,10-11,13-14H,4-5,9,12H2,1-3H3,(H,17,18)/t13-,14-/m0/s1. The van der Waals surface area contributed by atoms with E-state index in [1.54, 1.807) is 0 Å². The van der Waals surface area contributed by atoms with Crippen molar-refractivity contribution in [3.63, 3.8) is 0 Å². The van der Waals surface area contributed by atoms with Crippen LogP contribution >= 0.6 is 0 Å². The molecular formula is C16H25NO. The summed E-state index contributed by atoms with van der Waals surface area (Å²) in [5.74, 6) is 0.642. The Kier molecular flexibility index (Phi) is 6.48. The molecule has 0 saturated heterocycles. The first-order valence-electron chi connectivity index (χ1n) is 6.97. The van der Waals surface area contributed by atoms with Crippen molar-refractivity contribution in [3.8, 4) is 0 Å². The Morgan fingerprint density at radius 1 is 1.22 bits per heavy atom. The maximum absolute atomic E-state index is 11.9.